The van der Waals surface area contributed by atoms with Gasteiger partial charge in [0, 0.05) is 13.2 Å². The lowest BCUT2D eigenvalue weighted by Crippen LogP contribution is -2.43. The van der Waals surface area contributed by atoms with Crippen LogP contribution >= 0.6 is 0 Å². The molecule has 0 aromatic heterocycles. The maximum Gasteiger partial charge on any atom is 0.230 e. The lowest BCUT2D eigenvalue weighted by atomic mass is 9.83. The van der Waals surface area contributed by atoms with Crippen LogP contribution in [0.25, 0.3) is 0 Å². The van der Waals surface area contributed by atoms with Crippen molar-refractivity contribution in [2.24, 2.45) is 0 Å². The molecule has 1 heterocycles. The highest BCUT2D eigenvalue weighted by Gasteiger charge is 2.31. The summed E-state index contributed by atoms with van der Waals surface area (Å²) in [7, 11) is 3.18. The number of hydrogen-bond acceptors (Lipinski definition) is 4. The molecular formula is C17H25NO4. The van der Waals surface area contributed by atoms with E-state index >= 15 is 0 Å². The molecule has 1 aromatic carbocycles. The molecule has 1 aromatic rings. The first-order valence-corrected chi connectivity index (χ1v) is 7.61. The van der Waals surface area contributed by atoms with E-state index < -0.39 is 5.41 Å². The van der Waals surface area contributed by atoms with Crippen molar-refractivity contribution in [2.75, 3.05) is 27.4 Å². The molecule has 122 valence electrons. The summed E-state index contributed by atoms with van der Waals surface area (Å²) < 4.78 is 16.1. The third-order valence-electron chi connectivity index (χ3n) is 4.19. The van der Waals surface area contributed by atoms with Crippen molar-refractivity contribution in [3.05, 3.63) is 23.8 Å². The number of ether oxygens (including phenoxy) is 3. The molecule has 0 spiro atoms. The Morgan fingerprint density at radius 3 is 2.64 bits per heavy atom. The molecule has 1 saturated heterocycles. The molecule has 0 bridgehead atoms. The van der Waals surface area contributed by atoms with Crippen LogP contribution in [0.2, 0.25) is 0 Å². The van der Waals surface area contributed by atoms with Crippen LogP contribution in [-0.2, 0) is 14.9 Å². The van der Waals surface area contributed by atoms with Crippen LogP contribution in [0.5, 0.6) is 11.5 Å². The second-order valence-electron chi connectivity index (χ2n) is 6.04. The van der Waals surface area contributed by atoms with E-state index in [-0.39, 0.29) is 12.0 Å². The van der Waals surface area contributed by atoms with Gasteiger partial charge in [-0.3, -0.25) is 4.79 Å². The van der Waals surface area contributed by atoms with Gasteiger partial charge in [-0.2, -0.15) is 0 Å². The summed E-state index contributed by atoms with van der Waals surface area (Å²) in [5.74, 6) is 1.26. The first-order chi connectivity index (χ1) is 10.5. The van der Waals surface area contributed by atoms with E-state index in [0.29, 0.717) is 18.0 Å². The highest BCUT2D eigenvalue weighted by atomic mass is 16.5. The van der Waals surface area contributed by atoms with Crippen molar-refractivity contribution in [1.82, 2.24) is 5.32 Å². The van der Waals surface area contributed by atoms with E-state index in [9.17, 15) is 4.79 Å². The molecule has 2 rings (SSSR count). The molecule has 1 fully saturated rings. The van der Waals surface area contributed by atoms with Crippen LogP contribution in [-0.4, -0.2) is 39.4 Å². The van der Waals surface area contributed by atoms with Crippen LogP contribution in [0.15, 0.2) is 18.2 Å². The molecule has 1 unspecified atom stereocenters. The Balaban J connectivity index is 2.08. The average molecular weight is 307 g/mol. The molecule has 1 atom stereocenters. The fourth-order valence-electron chi connectivity index (χ4n) is 2.59. The summed E-state index contributed by atoms with van der Waals surface area (Å²) in [6.45, 7) is 5.16. The topological polar surface area (TPSA) is 56.8 Å². The third-order valence-corrected chi connectivity index (χ3v) is 4.19. The summed E-state index contributed by atoms with van der Waals surface area (Å²) >= 11 is 0. The quantitative estimate of drug-likeness (QED) is 0.876. The maximum atomic E-state index is 12.5. The van der Waals surface area contributed by atoms with E-state index in [1.165, 1.54) is 0 Å². The van der Waals surface area contributed by atoms with Crippen molar-refractivity contribution >= 4 is 5.91 Å². The zero-order valence-electron chi connectivity index (χ0n) is 13.8. The number of amides is 1. The molecule has 1 aliphatic rings. The first kappa shape index (κ1) is 16.6. The minimum absolute atomic E-state index is 0.0183. The van der Waals surface area contributed by atoms with Gasteiger partial charge in [0.15, 0.2) is 11.5 Å². The van der Waals surface area contributed by atoms with Crippen molar-refractivity contribution in [3.8, 4) is 11.5 Å². The fourth-order valence-corrected chi connectivity index (χ4v) is 2.59. The maximum absolute atomic E-state index is 12.5. The summed E-state index contributed by atoms with van der Waals surface area (Å²) in [5, 5.41) is 2.99. The second-order valence-corrected chi connectivity index (χ2v) is 6.04. The lowest BCUT2D eigenvalue weighted by Gasteiger charge is -2.26. The summed E-state index contributed by atoms with van der Waals surface area (Å²) in [4.78, 5) is 12.5. The zero-order chi connectivity index (χ0) is 16.2. The second kappa shape index (κ2) is 7.01. The number of carbonyl (C=O) groups is 1. The number of rotatable bonds is 6. The minimum atomic E-state index is -0.655. The molecule has 5 heteroatoms. The Labute approximate surface area is 131 Å². The molecule has 1 aliphatic heterocycles. The summed E-state index contributed by atoms with van der Waals surface area (Å²) in [5.41, 5.74) is 0.230. The predicted molar refractivity (Wildman–Crippen MR) is 84.6 cm³/mol. The van der Waals surface area contributed by atoms with Gasteiger partial charge < -0.3 is 19.5 Å². The van der Waals surface area contributed by atoms with Crippen LogP contribution in [0.3, 0.4) is 0 Å². The Hall–Kier alpha value is -1.75. The molecule has 0 radical (unpaired) electrons. The van der Waals surface area contributed by atoms with E-state index in [2.05, 4.69) is 5.32 Å². The Morgan fingerprint density at radius 2 is 2.05 bits per heavy atom. The minimum Gasteiger partial charge on any atom is -0.493 e. The molecule has 1 amide bonds. The van der Waals surface area contributed by atoms with Gasteiger partial charge in [0.2, 0.25) is 5.91 Å². The zero-order valence-corrected chi connectivity index (χ0v) is 13.8. The van der Waals surface area contributed by atoms with Crippen molar-refractivity contribution in [3.63, 3.8) is 0 Å². The van der Waals surface area contributed by atoms with E-state index in [0.717, 1.165) is 25.0 Å². The normalized spacial score (nSPS) is 18.1. The van der Waals surface area contributed by atoms with Gasteiger partial charge in [0.05, 0.1) is 25.7 Å². The van der Waals surface area contributed by atoms with Gasteiger partial charge in [0.1, 0.15) is 0 Å². The van der Waals surface area contributed by atoms with Crippen molar-refractivity contribution in [1.29, 1.82) is 0 Å². The van der Waals surface area contributed by atoms with Gasteiger partial charge in [0.25, 0.3) is 0 Å². The number of carbonyl (C=O) groups excluding carboxylic acids is 1. The summed E-state index contributed by atoms with van der Waals surface area (Å²) in [6, 6.07) is 5.57. The Morgan fingerprint density at radius 1 is 1.32 bits per heavy atom. The lowest BCUT2D eigenvalue weighted by molar-refractivity contribution is -0.126. The standard InChI is InChI=1S/C17H25NO4/c1-17(2,16(19)18-11-13-6-5-9-22-13)12-7-8-14(20-3)15(10-12)21-4/h7-8,10,13H,5-6,9,11H2,1-4H3,(H,18,19). The average Bonchev–Trinajstić information content (AvgIpc) is 3.05. The number of benzene rings is 1. The van der Waals surface area contributed by atoms with Crippen LogP contribution in [0.4, 0.5) is 0 Å². The fraction of sp³-hybridized carbons (Fsp3) is 0.588. The SMILES string of the molecule is COc1ccc(C(C)(C)C(=O)NCC2CCCO2)cc1OC. The Bertz CT molecular complexity index is 521. The van der Waals surface area contributed by atoms with Gasteiger partial charge in [-0.15, -0.1) is 0 Å². The smallest absolute Gasteiger partial charge is 0.230 e. The predicted octanol–water partition coefficient (Wildman–Crippen LogP) is 2.28. The molecule has 22 heavy (non-hydrogen) atoms. The molecule has 5 nitrogen and oxygen atoms in total. The summed E-state index contributed by atoms with van der Waals surface area (Å²) in [6.07, 6.45) is 2.22. The third kappa shape index (κ3) is 3.53. The van der Waals surface area contributed by atoms with Crippen LogP contribution in [0, 0.1) is 0 Å². The first-order valence-electron chi connectivity index (χ1n) is 7.61. The number of nitrogens with one attached hydrogen (secondary N) is 1. The molecule has 0 saturated carbocycles. The molecule has 1 N–H and O–H groups in total. The molecular weight excluding hydrogens is 282 g/mol. The number of methoxy groups -OCH3 is 2. The van der Waals surface area contributed by atoms with Gasteiger partial charge in [-0.05, 0) is 44.4 Å². The Kier molecular flexibility index (Phi) is 5.29. The van der Waals surface area contributed by atoms with Gasteiger partial charge >= 0.3 is 0 Å². The van der Waals surface area contributed by atoms with Crippen molar-refractivity contribution in [2.45, 2.75) is 38.2 Å². The van der Waals surface area contributed by atoms with Crippen LogP contribution in [0.1, 0.15) is 32.3 Å². The highest BCUT2D eigenvalue weighted by molar-refractivity contribution is 5.87. The van der Waals surface area contributed by atoms with Gasteiger partial charge in [-0.1, -0.05) is 6.07 Å². The van der Waals surface area contributed by atoms with Crippen LogP contribution < -0.4 is 14.8 Å². The van der Waals surface area contributed by atoms with E-state index in [4.69, 9.17) is 14.2 Å². The van der Waals surface area contributed by atoms with Gasteiger partial charge in [-0.25, -0.2) is 0 Å². The molecule has 0 aliphatic carbocycles. The van der Waals surface area contributed by atoms with E-state index in [1.807, 2.05) is 32.0 Å². The largest absolute Gasteiger partial charge is 0.493 e. The number of hydrogen-bond donors (Lipinski definition) is 1. The van der Waals surface area contributed by atoms with Crippen molar-refractivity contribution < 1.29 is 19.0 Å². The monoisotopic (exact) mass is 307 g/mol. The highest BCUT2D eigenvalue weighted by Crippen LogP contribution is 2.33. The van der Waals surface area contributed by atoms with E-state index in [1.54, 1.807) is 14.2 Å².